The number of hydrogen-bond donors (Lipinski definition) is 1. The zero-order chi connectivity index (χ0) is 13.7. The summed E-state index contributed by atoms with van der Waals surface area (Å²) in [6, 6.07) is 3.97. The van der Waals surface area contributed by atoms with Crippen LogP contribution in [0, 0.1) is 13.8 Å². The van der Waals surface area contributed by atoms with Gasteiger partial charge in [-0.15, -0.1) is 5.10 Å². The van der Waals surface area contributed by atoms with Gasteiger partial charge in [0.2, 0.25) is 0 Å². The number of hydrogen-bond acceptors (Lipinski definition) is 5. The molecule has 0 radical (unpaired) electrons. The highest BCUT2D eigenvalue weighted by Gasteiger charge is 2.10. The summed E-state index contributed by atoms with van der Waals surface area (Å²) >= 11 is 0. The van der Waals surface area contributed by atoms with E-state index in [1.165, 1.54) is 0 Å². The van der Waals surface area contributed by atoms with Crippen molar-refractivity contribution in [1.29, 1.82) is 0 Å². The van der Waals surface area contributed by atoms with E-state index in [-0.39, 0.29) is 0 Å². The van der Waals surface area contributed by atoms with Gasteiger partial charge in [0.1, 0.15) is 11.6 Å². The number of ether oxygens (including phenoxy) is 1. The Labute approximate surface area is 112 Å². The van der Waals surface area contributed by atoms with E-state index in [2.05, 4.69) is 20.4 Å². The molecule has 1 N–H and O–H groups in total. The number of pyridine rings is 1. The number of nitrogens with one attached hydrogen (secondary N) is 1. The SMILES string of the molecule is COCCNCc1cccnc1-n1nc(C)nc1C. The van der Waals surface area contributed by atoms with E-state index in [9.17, 15) is 0 Å². The van der Waals surface area contributed by atoms with Gasteiger partial charge in [-0.3, -0.25) is 0 Å². The van der Waals surface area contributed by atoms with Crippen molar-refractivity contribution in [2.45, 2.75) is 20.4 Å². The first kappa shape index (κ1) is 13.6. The fraction of sp³-hybridized carbons (Fsp3) is 0.462. The lowest BCUT2D eigenvalue weighted by molar-refractivity contribution is 0.199. The zero-order valence-corrected chi connectivity index (χ0v) is 11.6. The maximum Gasteiger partial charge on any atom is 0.159 e. The largest absolute Gasteiger partial charge is 0.383 e. The van der Waals surface area contributed by atoms with Crippen molar-refractivity contribution in [3.63, 3.8) is 0 Å². The van der Waals surface area contributed by atoms with Crippen molar-refractivity contribution in [1.82, 2.24) is 25.1 Å². The third-order valence-electron chi connectivity index (χ3n) is 2.74. The molecule has 0 bridgehead atoms. The average Bonchev–Trinajstić information content (AvgIpc) is 2.74. The highest BCUT2D eigenvalue weighted by Crippen LogP contribution is 2.12. The van der Waals surface area contributed by atoms with E-state index in [1.54, 1.807) is 18.0 Å². The van der Waals surface area contributed by atoms with E-state index >= 15 is 0 Å². The molecule has 0 aromatic carbocycles. The lowest BCUT2D eigenvalue weighted by Gasteiger charge is -2.10. The van der Waals surface area contributed by atoms with Crippen LogP contribution in [0.2, 0.25) is 0 Å². The Morgan fingerprint density at radius 3 is 2.89 bits per heavy atom. The Bertz CT molecular complexity index is 538. The van der Waals surface area contributed by atoms with Crippen LogP contribution >= 0.6 is 0 Å². The van der Waals surface area contributed by atoms with Crippen LogP contribution in [0.3, 0.4) is 0 Å². The van der Waals surface area contributed by atoms with Crippen molar-refractivity contribution in [3.8, 4) is 5.82 Å². The second-order valence-corrected chi connectivity index (χ2v) is 4.27. The first-order valence-electron chi connectivity index (χ1n) is 6.26. The number of rotatable bonds is 6. The summed E-state index contributed by atoms with van der Waals surface area (Å²) in [7, 11) is 1.69. The second-order valence-electron chi connectivity index (χ2n) is 4.27. The van der Waals surface area contributed by atoms with E-state index in [0.29, 0.717) is 6.61 Å². The summed E-state index contributed by atoms with van der Waals surface area (Å²) in [6.45, 7) is 6.03. The minimum atomic E-state index is 0.692. The first-order chi connectivity index (χ1) is 9.22. The minimum Gasteiger partial charge on any atom is -0.383 e. The Morgan fingerprint density at radius 1 is 1.37 bits per heavy atom. The molecule has 19 heavy (non-hydrogen) atoms. The fourth-order valence-electron chi connectivity index (χ4n) is 1.88. The quantitative estimate of drug-likeness (QED) is 0.786. The number of aryl methyl sites for hydroxylation is 2. The van der Waals surface area contributed by atoms with E-state index in [0.717, 1.165) is 36.1 Å². The molecule has 0 aliphatic rings. The molecule has 2 aromatic rings. The van der Waals surface area contributed by atoms with Gasteiger partial charge in [0.15, 0.2) is 5.82 Å². The number of methoxy groups -OCH3 is 1. The maximum atomic E-state index is 5.01. The highest BCUT2D eigenvalue weighted by molar-refractivity contribution is 5.33. The molecule has 0 amide bonds. The predicted molar refractivity (Wildman–Crippen MR) is 72.2 cm³/mol. The molecule has 2 rings (SSSR count). The smallest absolute Gasteiger partial charge is 0.159 e. The molecule has 102 valence electrons. The highest BCUT2D eigenvalue weighted by atomic mass is 16.5. The second kappa shape index (κ2) is 6.40. The molecule has 0 saturated carbocycles. The Morgan fingerprint density at radius 2 is 2.21 bits per heavy atom. The van der Waals surface area contributed by atoms with Gasteiger partial charge in [-0.2, -0.15) is 4.68 Å². The molecule has 6 nitrogen and oxygen atoms in total. The minimum absolute atomic E-state index is 0.692. The summed E-state index contributed by atoms with van der Waals surface area (Å²) in [5, 5.41) is 7.69. The lowest BCUT2D eigenvalue weighted by Crippen LogP contribution is -2.20. The molecule has 0 aliphatic heterocycles. The molecule has 6 heteroatoms. The average molecular weight is 261 g/mol. The van der Waals surface area contributed by atoms with Crippen LogP contribution in [-0.4, -0.2) is 40.0 Å². The molecule has 0 saturated heterocycles. The topological polar surface area (TPSA) is 64.9 Å². The van der Waals surface area contributed by atoms with Gasteiger partial charge < -0.3 is 10.1 Å². The van der Waals surface area contributed by atoms with Crippen LogP contribution in [0.15, 0.2) is 18.3 Å². The van der Waals surface area contributed by atoms with Crippen LogP contribution in [0.5, 0.6) is 0 Å². The third kappa shape index (κ3) is 3.36. The summed E-state index contributed by atoms with van der Waals surface area (Å²) in [5.41, 5.74) is 1.09. The molecule has 0 aliphatic carbocycles. The van der Waals surface area contributed by atoms with Crippen molar-refractivity contribution < 1.29 is 4.74 Å². The van der Waals surface area contributed by atoms with Crippen LogP contribution in [0.25, 0.3) is 5.82 Å². The Kier molecular flexibility index (Phi) is 4.59. The van der Waals surface area contributed by atoms with Gasteiger partial charge in [-0.25, -0.2) is 9.97 Å². The molecule has 0 atom stereocenters. The van der Waals surface area contributed by atoms with E-state index < -0.39 is 0 Å². The monoisotopic (exact) mass is 261 g/mol. The molecule has 0 fully saturated rings. The van der Waals surface area contributed by atoms with Crippen molar-refractivity contribution in [3.05, 3.63) is 35.5 Å². The molecule has 0 unspecified atom stereocenters. The molecule has 0 spiro atoms. The Balaban J connectivity index is 2.19. The Hall–Kier alpha value is -1.79. The van der Waals surface area contributed by atoms with Gasteiger partial charge in [-0.1, -0.05) is 6.07 Å². The van der Waals surface area contributed by atoms with Gasteiger partial charge >= 0.3 is 0 Å². The fourth-order valence-corrected chi connectivity index (χ4v) is 1.88. The number of aromatic nitrogens is 4. The van der Waals surface area contributed by atoms with Crippen LogP contribution in [-0.2, 0) is 11.3 Å². The van der Waals surface area contributed by atoms with Gasteiger partial charge in [0, 0.05) is 32.0 Å². The third-order valence-corrected chi connectivity index (χ3v) is 2.74. The lowest BCUT2D eigenvalue weighted by atomic mass is 10.2. The van der Waals surface area contributed by atoms with Crippen LogP contribution in [0.1, 0.15) is 17.2 Å². The van der Waals surface area contributed by atoms with Crippen molar-refractivity contribution in [2.24, 2.45) is 0 Å². The summed E-state index contributed by atoms with van der Waals surface area (Å²) in [6.07, 6.45) is 1.77. The standard InChI is InChI=1S/C13H19N5O/c1-10-16-11(2)18(17-10)13-12(5-4-6-15-13)9-14-7-8-19-3/h4-6,14H,7-9H2,1-3H3. The number of nitrogens with zero attached hydrogens (tertiary/aromatic N) is 4. The zero-order valence-electron chi connectivity index (χ0n) is 11.6. The van der Waals surface area contributed by atoms with Crippen molar-refractivity contribution in [2.75, 3.05) is 20.3 Å². The predicted octanol–water partition coefficient (Wildman–Crippen LogP) is 1.02. The van der Waals surface area contributed by atoms with Crippen LogP contribution < -0.4 is 5.32 Å². The first-order valence-corrected chi connectivity index (χ1v) is 6.26. The van der Waals surface area contributed by atoms with E-state index in [1.807, 2.05) is 26.0 Å². The van der Waals surface area contributed by atoms with Gasteiger partial charge in [0.05, 0.1) is 6.61 Å². The van der Waals surface area contributed by atoms with Gasteiger partial charge in [0.25, 0.3) is 0 Å². The molecular weight excluding hydrogens is 242 g/mol. The van der Waals surface area contributed by atoms with Gasteiger partial charge in [-0.05, 0) is 19.9 Å². The molecule has 2 heterocycles. The summed E-state index contributed by atoms with van der Waals surface area (Å²) in [4.78, 5) is 8.72. The maximum absolute atomic E-state index is 5.01. The molecule has 2 aromatic heterocycles. The van der Waals surface area contributed by atoms with Crippen LogP contribution in [0.4, 0.5) is 0 Å². The normalized spacial score (nSPS) is 10.9. The summed E-state index contributed by atoms with van der Waals surface area (Å²) in [5.74, 6) is 2.42. The van der Waals surface area contributed by atoms with Crippen molar-refractivity contribution >= 4 is 0 Å². The van der Waals surface area contributed by atoms with E-state index in [4.69, 9.17) is 4.74 Å². The summed E-state index contributed by atoms with van der Waals surface area (Å²) < 4.78 is 6.79. The molecular formula is C13H19N5O.